The molecule has 1 saturated carbocycles. The smallest absolute Gasteiger partial charge is 0.261 e. The van der Waals surface area contributed by atoms with E-state index in [0.29, 0.717) is 17.2 Å². The van der Waals surface area contributed by atoms with E-state index in [1.807, 2.05) is 72.8 Å². The average molecular weight is 547 g/mol. The van der Waals surface area contributed by atoms with Crippen molar-refractivity contribution in [1.29, 1.82) is 0 Å². The van der Waals surface area contributed by atoms with Gasteiger partial charge in [0.25, 0.3) is 5.91 Å². The van der Waals surface area contributed by atoms with Crippen molar-refractivity contribution < 1.29 is 14.3 Å². The Morgan fingerprint density at radius 1 is 0.949 bits per heavy atom. The maximum atomic E-state index is 13.8. The number of ether oxygens (including phenoxy) is 1. The van der Waals surface area contributed by atoms with Crippen molar-refractivity contribution in [3.63, 3.8) is 0 Å². The largest absolute Gasteiger partial charge is 0.484 e. The molecule has 3 aromatic carbocycles. The fourth-order valence-electron chi connectivity index (χ4n) is 5.03. The van der Waals surface area contributed by atoms with Crippen LogP contribution in [0.4, 0.5) is 0 Å². The number of nitrogens with one attached hydrogen (secondary N) is 1. The molecule has 1 atom stereocenters. The Labute approximate surface area is 237 Å². The van der Waals surface area contributed by atoms with Gasteiger partial charge in [0.2, 0.25) is 5.91 Å². The van der Waals surface area contributed by atoms with E-state index >= 15 is 0 Å². The molecule has 4 rings (SSSR count). The van der Waals surface area contributed by atoms with Crippen molar-refractivity contribution in [1.82, 2.24) is 10.2 Å². The molecule has 0 radical (unpaired) electrons. The van der Waals surface area contributed by atoms with Gasteiger partial charge in [-0.15, -0.1) is 0 Å². The molecule has 2 amide bonds. The van der Waals surface area contributed by atoms with Crippen LogP contribution in [0.25, 0.3) is 0 Å². The summed E-state index contributed by atoms with van der Waals surface area (Å²) in [4.78, 5) is 29.2. The van der Waals surface area contributed by atoms with Gasteiger partial charge in [-0.2, -0.15) is 0 Å². The molecule has 1 fully saturated rings. The maximum absolute atomic E-state index is 13.8. The summed E-state index contributed by atoms with van der Waals surface area (Å²) in [5, 5.41) is 3.81. The van der Waals surface area contributed by atoms with Gasteiger partial charge in [0.15, 0.2) is 6.61 Å². The summed E-state index contributed by atoms with van der Waals surface area (Å²) in [6.07, 6.45) is 4.58. The molecule has 3 aromatic rings. The Morgan fingerprint density at radius 2 is 1.62 bits per heavy atom. The number of hydrogen-bond donors (Lipinski definition) is 1. The summed E-state index contributed by atoms with van der Waals surface area (Å²) in [5.74, 6) is 0.238. The van der Waals surface area contributed by atoms with Crippen molar-refractivity contribution in [2.75, 3.05) is 6.61 Å². The van der Waals surface area contributed by atoms with Gasteiger partial charge in [-0.05, 0) is 59.2 Å². The van der Waals surface area contributed by atoms with Crippen LogP contribution in [0, 0.1) is 0 Å². The van der Waals surface area contributed by atoms with E-state index in [0.717, 1.165) is 36.8 Å². The first kappa shape index (κ1) is 28.7. The molecular formula is C33H39ClN2O3. The van der Waals surface area contributed by atoms with Crippen LogP contribution >= 0.6 is 11.6 Å². The Bertz CT molecular complexity index is 1230. The third-order valence-electron chi connectivity index (χ3n) is 7.30. The van der Waals surface area contributed by atoms with Crippen molar-refractivity contribution in [3.8, 4) is 5.75 Å². The summed E-state index contributed by atoms with van der Waals surface area (Å²) in [6.45, 7) is 6.55. The summed E-state index contributed by atoms with van der Waals surface area (Å²) < 4.78 is 5.94. The lowest BCUT2D eigenvalue weighted by molar-refractivity contribution is -0.143. The molecular weight excluding hydrogens is 508 g/mol. The van der Waals surface area contributed by atoms with Gasteiger partial charge in [-0.1, -0.05) is 99.8 Å². The lowest BCUT2D eigenvalue weighted by Crippen LogP contribution is -2.53. The average Bonchev–Trinajstić information content (AvgIpc) is 3.42. The topological polar surface area (TPSA) is 58.6 Å². The van der Waals surface area contributed by atoms with Gasteiger partial charge >= 0.3 is 0 Å². The molecule has 0 aromatic heterocycles. The van der Waals surface area contributed by atoms with Crippen LogP contribution in [0.1, 0.15) is 63.1 Å². The van der Waals surface area contributed by atoms with Crippen molar-refractivity contribution in [2.45, 2.75) is 76.9 Å². The molecule has 1 N–H and O–H groups in total. The van der Waals surface area contributed by atoms with Crippen LogP contribution < -0.4 is 10.1 Å². The molecule has 206 valence electrons. The fourth-order valence-corrected chi connectivity index (χ4v) is 5.25. The zero-order valence-electron chi connectivity index (χ0n) is 23.2. The lowest BCUT2D eigenvalue weighted by atomic mass is 9.87. The van der Waals surface area contributed by atoms with E-state index in [-0.39, 0.29) is 36.4 Å². The summed E-state index contributed by atoms with van der Waals surface area (Å²) >= 11 is 6.27. The second-order valence-electron chi connectivity index (χ2n) is 11.4. The van der Waals surface area contributed by atoms with Crippen molar-refractivity contribution in [2.24, 2.45) is 0 Å². The van der Waals surface area contributed by atoms with Crippen molar-refractivity contribution >= 4 is 23.4 Å². The molecule has 0 heterocycles. The molecule has 6 heteroatoms. The normalized spacial score (nSPS) is 14.6. The van der Waals surface area contributed by atoms with Gasteiger partial charge in [0.1, 0.15) is 11.8 Å². The zero-order valence-corrected chi connectivity index (χ0v) is 23.9. The molecule has 0 unspecified atom stereocenters. The van der Waals surface area contributed by atoms with E-state index in [9.17, 15) is 9.59 Å². The minimum Gasteiger partial charge on any atom is -0.484 e. The molecule has 0 spiro atoms. The highest BCUT2D eigenvalue weighted by atomic mass is 35.5. The van der Waals surface area contributed by atoms with E-state index in [1.165, 1.54) is 5.56 Å². The van der Waals surface area contributed by atoms with Crippen LogP contribution in [-0.2, 0) is 28.0 Å². The van der Waals surface area contributed by atoms with Gasteiger partial charge in [-0.25, -0.2) is 0 Å². The minimum atomic E-state index is -0.689. The molecule has 1 aliphatic carbocycles. The highest BCUT2D eigenvalue weighted by Gasteiger charge is 2.32. The number of halogens is 1. The first-order chi connectivity index (χ1) is 18.7. The van der Waals surface area contributed by atoms with E-state index < -0.39 is 6.04 Å². The third-order valence-corrected chi connectivity index (χ3v) is 7.53. The fraction of sp³-hybridized carbons (Fsp3) is 0.394. The summed E-state index contributed by atoms with van der Waals surface area (Å²) in [7, 11) is 0. The highest BCUT2D eigenvalue weighted by molar-refractivity contribution is 6.30. The van der Waals surface area contributed by atoms with Crippen molar-refractivity contribution in [3.05, 3.63) is 101 Å². The van der Waals surface area contributed by atoms with Crippen LogP contribution in [-0.4, -0.2) is 35.4 Å². The quantitative estimate of drug-likeness (QED) is 0.307. The van der Waals surface area contributed by atoms with Gasteiger partial charge in [-0.3, -0.25) is 9.59 Å². The molecule has 0 saturated heterocycles. The van der Waals surface area contributed by atoms with Gasteiger partial charge in [0, 0.05) is 24.0 Å². The molecule has 0 bridgehead atoms. The lowest BCUT2D eigenvalue weighted by Gasteiger charge is -2.32. The van der Waals surface area contributed by atoms with Gasteiger partial charge < -0.3 is 15.0 Å². The maximum Gasteiger partial charge on any atom is 0.261 e. The Hall–Kier alpha value is -3.31. The van der Waals surface area contributed by atoms with E-state index in [4.69, 9.17) is 16.3 Å². The second kappa shape index (κ2) is 13.2. The SMILES string of the molecule is CC(C)(C)c1ccc(OCC(=O)N(Cc2cccc(Cl)c2)[C@H](Cc2ccccc2)C(=O)NC2CCCC2)cc1. The molecule has 1 aliphatic rings. The standard InChI is InChI=1S/C33H39ClN2O3/c1-33(2,3)26-16-18-29(19-17-26)39-23-31(37)36(22-25-12-9-13-27(34)20-25)30(21-24-10-5-4-6-11-24)32(38)35-28-14-7-8-15-28/h4-6,9-13,16-20,28,30H,7-8,14-15,21-23H2,1-3H3,(H,35,38)/t30-/m1/s1. The van der Waals surface area contributed by atoms with Gasteiger partial charge in [0.05, 0.1) is 0 Å². The number of amides is 2. The zero-order chi connectivity index (χ0) is 27.8. The number of rotatable bonds is 10. The van der Waals surface area contributed by atoms with E-state index in [1.54, 1.807) is 11.0 Å². The molecule has 5 nitrogen and oxygen atoms in total. The Morgan fingerprint density at radius 3 is 2.26 bits per heavy atom. The number of carbonyl (C=O) groups excluding carboxylic acids is 2. The summed E-state index contributed by atoms with van der Waals surface area (Å²) in [6, 6.07) is 24.6. The first-order valence-corrected chi connectivity index (χ1v) is 14.2. The second-order valence-corrected chi connectivity index (χ2v) is 11.8. The highest BCUT2D eigenvalue weighted by Crippen LogP contribution is 2.25. The first-order valence-electron chi connectivity index (χ1n) is 13.8. The predicted octanol–water partition coefficient (Wildman–Crippen LogP) is 6.72. The van der Waals surface area contributed by atoms with Crippen LogP contribution in [0.15, 0.2) is 78.9 Å². The number of hydrogen-bond acceptors (Lipinski definition) is 3. The van der Waals surface area contributed by atoms with Crippen LogP contribution in [0.5, 0.6) is 5.75 Å². The third kappa shape index (κ3) is 8.34. The number of nitrogens with zero attached hydrogens (tertiary/aromatic N) is 1. The Kier molecular flexibility index (Phi) is 9.68. The molecule has 39 heavy (non-hydrogen) atoms. The Balaban J connectivity index is 1.58. The minimum absolute atomic E-state index is 0.0272. The predicted molar refractivity (Wildman–Crippen MR) is 157 cm³/mol. The number of benzene rings is 3. The monoisotopic (exact) mass is 546 g/mol. The van der Waals surface area contributed by atoms with E-state index in [2.05, 4.69) is 26.1 Å². The van der Waals surface area contributed by atoms with Crippen LogP contribution in [0.2, 0.25) is 5.02 Å². The number of carbonyl (C=O) groups is 2. The summed E-state index contributed by atoms with van der Waals surface area (Å²) in [5.41, 5.74) is 3.07. The van der Waals surface area contributed by atoms with Crippen LogP contribution in [0.3, 0.4) is 0 Å². The molecule has 0 aliphatic heterocycles.